The Bertz CT molecular complexity index is 442. The third-order valence-electron chi connectivity index (χ3n) is 3.04. The number of nitrogens with two attached hydrogens (primary N) is 1. The second-order valence-corrected chi connectivity index (χ2v) is 4.59. The fourth-order valence-corrected chi connectivity index (χ4v) is 2.03. The zero-order chi connectivity index (χ0) is 13.3. The van der Waals surface area contributed by atoms with E-state index >= 15 is 0 Å². The molecule has 20 heavy (non-hydrogen) atoms. The number of rotatable bonds is 2. The van der Waals surface area contributed by atoms with Crippen molar-refractivity contribution in [3.8, 4) is 0 Å². The Morgan fingerprint density at radius 2 is 2.05 bits per heavy atom. The predicted octanol–water partition coefficient (Wildman–Crippen LogP) is 2.18. The standard InChI is InChI=1S/C11H15F3N4.2ClH/c1-7-8(5-18-3-2-9(15)6-18)4-16-10(17-7)11(12,13)14;;/h4,9H,2-3,5-6,15H2,1H3;2*1H. The number of nitrogens with zero attached hydrogens (tertiary/aromatic N) is 3. The van der Waals surface area contributed by atoms with E-state index in [0.717, 1.165) is 25.1 Å². The second kappa shape index (κ2) is 7.40. The van der Waals surface area contributed by atoms with Gasteiger partial charge in [0.2, 0.25) is 5.82 Å². The van der Waals surface area contributed by atoms with Crippen LogP contribution in [0.25, 0.3) is 0 Å². The van der Waals surface area contributed by atoms with Gasteiger partial charge < -0.3 is 5.73 Å². The molecular formula is C11H17Cl2F3N4. The quantitative estimate of drug-likeness (QED) is 0.901. The summed E-state index contributed by atoms with van der Waals surface area (Å²) in [6, 6.07) is 0.153. The molecule has 1 aliphatic rings. The van der Waals surface area contributed by atoms with Gasteiger partial charge in [-0.05, 0) is 13.3 Å². The first-order valence-electron chi connectivity index (χ1n) is 5.74. The van der Waals surface area contributed by atoms with Crippen LogP contribution in [-0.2, 0) is 12.7 Å². The highest BCUT2D eigenvalue weighted by Crippen LogP contribution is 2.26. The lowest BCUT2D eigenvalue weighted by molar-refractivity contribution is -0.145. The van der Waals surface area contributed by atoms with Gasteiger partial charge in [0, 0.05) is 43.1 Å². The van der Waals surface area contributed by atoms with Crippen molar-refractivity contribution in [2.45, 2.75) is 32.1 Å². The monoisotopic (exact) mass is 332 g/mol. The zero-order valence-corrected chi connectivity index (χ0v) is 12.5. The van der Waals surface area contributed by atoms with Crippen molar-refractivity contribution >= 4 is 24.8 Å². The van der Waals surface area contributed by atoms with Crippen molar-refractivity contribution in [2.24, 2.45) is 5.73 Å². The van der Waals surface area contributed by atoms with Crippen LogP contribution >= 0.6 is 24.8 Å². The number of likely N-dealkylation sites (tertiary alicyclic amines) is 1. The maximum Gasteiger partial charge on any atom is 0.451 e. The lowest BCUT2D eigenvalue weighted by Gasteiger charge is -2.16. The first-order valence-corrected chi connectivity index (χ1v) is 5.74. The third kappa shape index (κ3) is 4.73. The summed E-state index contributed by atoms with van der Waals surface area (Å²) in [7, 11) is 0. The summed E-state index contributed by atoms with van der Waals surface area (Å²) in [5, 5.41) is 0. The van der Waals surface area contributed by atoms with E-state index in [-0.39, 0.29) is 30.9 Å². The van der Waals surface area contributed by atoms with E-state index in [2.05, 4.69) is 14.9 Å². The summed E-state index contributed by atoms with van der Waals surface area (Å²) in [4.78, 5) is 8.99. The number of hydrogen-bond acceptors (Lipinski definition) is 4. The fraction of sp³-hybridized carbons (Fsp3) is 0.636. The van der Waals surface area contributed by atoms with Crippen molar-refractivity contribution in [1.29, 1.82) is 0 Å². The molecule has 9 heteroatoms. The molecule has 1 saturated heterocycles. The van der Waals surface area contributed by atoms with Crippen LogP contribution in [0, 0.1) is 6.92 Å². The number of alkyl halides is 3. The Morgan fingerprint density at radius 1 is 1.40 bits per heavy atom. The second-order valence-electron chi connectivity index (χ2n) is 4.59. The van der Waals surface area contributed by atoms with Gasteiger partial charge in [-0.3, -0.25) is 4.90 Å². The maximum absolute atomic E-state index is 12.4. The van der Waals surface area contributed by atoms with E-state index in [4.69, 9.17) is 5.73 Å². The number of hydrogen-bond donors (Lipinski definition) is 1. The molecule has 0 amide bonds. The van der Waals surface area contributed by atoms with E-state index in [9.17, 15) is 13.2 Å². The maximum atomic E-state index is 12.4. The molecule has 1 fully saturated rings. The Balaban J connectivity index is 0.00000180. The molecule has 2 rings (SSSR count). The highest BCUT2D eigenvalue weighted by Gasteiger charge is 2.35. The number of halogens is 5. The summed E-state index contributed by atoms with van der Waals surface area (Å²) in [5.41, 5.74) is 6.87. The molecule has 4 nitrogen and oxygen atoms in total. The van der Waals surface area contributed by atoms with Gasteiger partial charge in [-0.15, -0.1) is 24.8 Å². The van der Waals surface area contributed by atoms with Crippen molar-refractivity contribution in [1.82, 2.24) is 14.9 Å². The van der Waals surface area contributed by atoms with Gasteiger partial charge in [-0.1, -0.05) is 0 Å². The topological polar surface area (TPSA) is 55.0 Å². The fourth-order valence-electron chi connectivity index (χ4n) is 2.03. The molecular weight excluding hydrogens is 316 g/mol. The summed E-state index contributed by atoms with van der Waals surface area (Å²) < 4.78 is 37.2. The SMILES string of the molecule is Cc1nc(C(F)(F)F)ncc1CN1CCC(N)C1.Cl.Cl. The molecule has 2 heterocycles. The van der Waals surface area contributed by atoms with Gasteiger partial charge in [0.15, 0.2) is 0 Å². The third-order valence-corrected chi connectivity index (χ3v) is 3.04. The average molecular weight is 333 g/mol. The first-order chi connectivity index (χ1) is 8.36. The molecule has 1 atom stereocenters. The molecule has 1 aromatic rings. The van der Waals surface area contributed by atoms with Gasteiger partial charge in [0.25, 0.3) is 0 Å². The molecule has 116 valence electrons. The highest BCUT2D eigenvalue weighted by molar-refractivity contribution is 5.85. The van der Waals surface area contributed by atoms with Crippen LogP contribution in [0.15, 0.2) is 6.20 Å². The van der Waals surface area contributed by atoms with E-state index in [1.807, 2.05) is 0 Å². The highest BCUT2D eigenvalue weighted by atomic mass is 35.5. The largest absolute Gasteiger partial charge is 0.451 e. The lowest BCUT2D eigenvalue weighted by atomic mass is 10.2. The molecule has 0 aromatic carbocycles. The van der Waals surface area contributed by atoms with E-state index in [0.29, 0.717) is 12.2 Å². The number of aromatic nitrogens is 2. The Morgan fingerprint density at radius 3 is 2.50 bits per heavy atom. The van der Waals surface area contributed by atoms with Gasteiger partial charge in [-0.2, -0.15) is 13.2 Å². The summed E-state index contributed by atoms with van der Waals surface area (Å²) in [5.74, 6) is -1.08. The van der Waals surface area contributed by atoms with Crippen LogP contribution < -0.4 is 5.73 Å². The van der Waals surface area contributed by atoms with Gasteiger partial charge in [-0.25, -0.2) is 9.97 Å². The molecule has 0 saturated carbocycles. The van der Waals surface area contributed by atoms with Crippen LogP contribution in [0.5, 0.6) is 0 Å². The van der Waals surface area contributed by atoms with Crippen LogP contribution in [0.4, 0.5) is 13.2 Å². The van der Waals surface area contributed by atoms with Crippen LogP contribution in [0.1, 0.15) is 23.5 Å². The van der Waals surface area contributed by atoms with Crippen molar-refractivity contribution in [2.75, 3.05) is 13.1 Å². The Hall–Kier alpha value is -0.630. The molecule has 0 spiro atoms. The predicted molar refractivity (Wildman–Crippen MR) is 74.1 cm³/mol. The molecule has 1 aromatic heterocycles. The molecule has 0 bridgehead atoms. The van der Waals surface area contributed by atoms with Crippen LogP contribution in [0.3, 0.4) is 0 Å². The normalized spacial score (nSPS) is 19.4. The Kier molecular flexibility index (Phi) is 7.17. The molecule has 1 aliphatic heterocycles. The van der Waals surface area contributed by atoms with Gasteiger partial charge >= 0.3 is 6.18 Å². The van der Waals surface area contributed by atoms with Crippen LogP contribution in [-0.4, -0.2) is 34.0 Å². The van der Waals surface area contributed by atoms with Crippen molar-refractivity contribution in [3.63, 3.8) is 0 Å². The van der Waals surface area contributed by atoms with Gasteiger partial charge in [0.1, 0.15) is 0 Å². The minimum Gasteiger partial charge on any atom is -0.326 e. The van der Waals surface area contributed by atoms with Gasteiger partial charge in [0.05, 0.1) is 0 Å². The molecule has 0 aliphatic carbocycles. The van der Waals surface area contributed by atoms with E-state index in [1.165, 1.54) is 6.20 Å². The average Bonchev–Trinajstić information content (AvgIpc) is 2.65. The minimum atomic E-state index is -4.49. The summed E-state index contributed by atoms with van der Waals surface area (Å²) in [6.07, 6.45) is -2.31. The molecule has 0 radical (unpaired) electrons. The van der Waals surface area contributed by atoms with Crippen molar-refractivity contribution in [3.05, 3.63) is 23.3 Å². The minimum absolute atomic E-state index is 0. The summed E-state index contributed by atoms with van der Waals surface area (Å²) in [6.45, 7) is 3.75. The Labute approximate surface area is 127 Å². The summed E-state index contributed by atoms with van der Waals surface area (Å²) >= 11 is 0. The lowest BCUT2D eigenvalue weighted by Crippen LogP contribution is -2.26. The van der Waals surface area contributed by atoms with E-state index < -0.39 is 12.0 Å². The van der Waals surface area contributed by atoms with Crippen molar-refractivity contribution < 1.29 is 13.2 Å². The first kappa shape index (κ1) is 19.4. The van der Waals surface area contributed by atoms with E-state index in [1.54, 1.807) is 6.92 Å². The van der Waals surface area contributed by atoms with Crippen LogP contribution in [0.2, 0.25) is 0 Å². The molecule has 2 N–H and O–H groups in total. The zero-order valence-electron chi connectivity index (χ0n) is 10.9. The number of aryl methyl sites for hydroxylation is 1. The smallest absolute Gasteiger partial charge is 0.326 e. The molecule has 1 unspecified atom stereocenters.